The fourth-order valence-electron chi connectivity index (χ4n) is 1.43. The SMILES string of the molecule is Cc1cc(CCNS(=O)(=O)c2cccnc2)on1. The van der Waals surface area contributed by atoms with Crippen LogP contribution in [0.3, 0.4) is 0 Å². The van der Waals surface area contributed by atoms with Crippen LogP contribution in [0.15, 0.2) is 40.0 Å². The predicted octanol–water partition coefficient (Wildman–Crippen LogP) is 0.899. The molecule has 0 saturated carbocycles. The van der Waals surface area contributed by atoms with E-state index in [-0.39, 0.29) is 11.4 Å². The summed E-state index contributed by atoms with van der Waals surface area (Å²) in [5, 5.41) is 3.73. The molecule has 0 fully saturated rings. The Bertz CT molecular complexity index is 607. The summed E-state index contributed by atoms with van der Waals surface area (Å²) in [4.78, 5) is 3.92. The van der Waals surface area contributed by atoms with Crippen LogP contribution < -0.4 is 4.72 Å². The molecule has 96 valence electrons. The summed E-state index contributed by atoms with van der Waals surface area (Å²) < 4.78 is 31.1. The van der Waals surface area contributed by atoms with Gasteiger partial charge >= 0.3 is 0 Å². The smallest absolute Gasteiger partial charge is 0.242 e. The van der Waals surface area contributed by atoms with Gasteiger partial charge in [0.2, 0.25) is 10.0 Å². The van der Waals surface area contributed by atoms with E-state index in [1.807, 2.05) is 6.92 Å². The van der Waals surface area contributed by atoms with Gasteiger partial charge in [-0.2, -0.15) is 0 Å². The summed E-state index contributed by atoms with van der Waals surface area (Å²) in [6.45, 7) is 2.07. The lowest BCUT2D eigenvalue weighted by molar-refractivity contribution is 0.379. The molecule has 7 heteroatoms. The van der Waals surface area contributed by atoms with E-state index in [0.717, 1.165) is 5.69 Å². The van der Waals surface area contributed by atoms with E-state index in [1.54, 1.807) is 12.1 Å². The number of nitrogens with one attached hydrogen (secondary N) is 1. The van der Waals surface area contributed by atoms with Crippen molar-refractivity contribution in [2.45, 2.75) is 18.2 Å². The first-order chi connectivity index (χ1) is 8.58. The molecule has 0 bridgehead atoms. The average molecular weight is 267 g/mol. The van der Waals surface area contributed by atoms with Crippen LogP contribution in [0.5, 0.6) is 0 Å². The highest BCUT2D eigenvalue weighted by atomic mass is 32.2. The minimum absolute atomic E-state index is 0.152. The number of hydrogen-bond donors (Lipinski definition) is 1. The molecule has 0 atom stereocenters. The minimum atomic E-state index is -3.50. The average Bonchev–Trinajstić information content (AvgIpc) is 2.76. The molecular formula is C11H13N3O3S. The van der Waals surface area contributed by atoms with Gasteiger partial charge in [0.25, 0.3) is 0 Å². The maximum absolute atomic E-state index is 11.8. The van der Waals surface area contributed by atoms with Crippen LogP contribution >= 0.6 is 0 Å². The van der Waals surface area contributed by atoms with Gasteiger partial charge in [0.1, 0.15) is 10.7 Å². The second-order valence-electron chi connectivity index (χ2n) is 3.77. The predicted molar refractivity (Wildman–Crippen MR) is 64.4 cm³/mol. The molecule has 0 aliphatic carbocycles. The van der Waals surface area contributed by atoms with Crippen LogP contribution in [-0.2, 0) is 16.4 Å². The number of hydrogen-bond acceptors (Lipinski definition) is 5. The lowest BCUT2D eigenvalue weighted by Crippen LogP contribution is -2.25. The zero-order valence-corrected chi connectivity index (χ0v) is 10.6. The van der Waals surface area contributed by atoms with Crippen molar-refractivity contribution in [1.82, 2.24) is 14.9 Å². The van der Waals surface area contributed by atoms with Crippen molar-refractivity contribution in [3.05, 3.63) is 42.0 Å². The van der Waals surface area contributed by atoms with E-state index < -0.39 is 10.0 Å². The number of aryl methyl sites for hydroxylation is 1. The van der Waals surface area contributed by atoms with Gasteiger partial charge in [0.15, 0.2) is 0 Å². The van der Waals surface area contributed by atoms with E-state index in [9.17, 15) is 8.42 Å². The lowest BCUT2D eigenvalue weighted by Gasteiger charge is -2.04. The molecule has 2 rings (SSSR count). The first-order valence-electron chi connectivity index (χ1n) is 5.40. The van der Waals surface area contributed by atoms with Crippen molar-refractivity contribution in [3.63, 3.8) is 0 Å². The molecule has 0 saturated heterocycles. The van der Waals surface area contributed by atoms with E-state index in [4.69, 9.17) is 4.52 Å². The largest absolute Gasteiger partial charge is 0.361 e. The van der Waals surface area contributed by atoms with Crippen LogP contribution in [-0.4, -0.2) is 25.1 Å². The lowest BCUT2D eigenvalue weighted by atomic mass is 10.3. The Hall–Kier alpha value is -1.73. The van der Waals surface area contributed by atoms with Gasteiger partial charge in [-0.3, -0.25) is 4.98 Å². The molecule has 0 amide bonds. The first kappa shape index (κ1) is 12.7. The summed E-state index contributed by atoms with van der Waals surface area (Å²) in [6, 6.07) is 4.85. The minimum Gasteiger partial charge on any atom is -0.361 e. The molecule has 0 radical (unpaired) electrons. The normalized spacial score (nSPS) is 11.6. The Kier molecular flexibility index (Phi) is 3.73. The molecule has 2 aromatic rings. The van der Waals surface area contributed by atoms with Gasteiger partial charge in [-0.1, -0.05) is 5.16 Å². The van der Waals surface area contributed by atoms with Gasteiger partial charge in [-0.25, -0.2) is 13.1 Å². The summed E-state index contributed by atoms with van der Waals surface area (Å²) in [5.41, 5.74) is 0.778. The van der Waals surface area contributed by atoms with Crippen molar-refractivity contribution in [3.8, 4) is 0 Å². The van der Waals surface area contributed by atoms with Crippen LogP contribution in [0.2, 0.25) is 0 Å². The van der Waals surface area contributed by atoms with E-state index in [0.29, 0.717) is 12.2 Å². The molecule has 2 aromatic heterocycles. The van der Waals surface area contributed by atoms with Crippen LogP contribution in [0.25, 0.3) is 0 Å². The number of nitrogens with zero attached hydrogens (tertiary/aromatic N) is 2. The molecule has 18 heavy (non-hydrogen) atoms. The summed E-state index contributed by atoms with van der Waals surface area (Å²) in [5.74, 6) is 0.654. The number of aromatic nitrogens is 2. The van der Waals surface area contributed by atoms with E-state index in [1.165, 1.54) is 18.5 Å². The topological polar surface area (TPSA) is 85.1 Å². The quantitative estimate of drug-likeness (QED) is 0.870. The van der Waals surface area contributed by atoms with Crippen molar-refractivity contribution in [2.24, 2.45) is 0 Å². The molecule has 6 nitrogen and oxygen atoms in total. The fraction of sp³-hybridized carbons (Fsp3) is 0.273. The Morgan fingerprint density at radius 2 is 2.28 bits per heavy atom. The Labute approximate surface area is 105 Å². The Morgan fingerprint density at radius 3 is 2.89 bits per heavy atom. The third-order valence-corrected chi connectivity index (χ3v) is 3.73. The van der Waals surface area contributed by atoms with E-state index >= 15 is 0 Å². The molecule has 1 N–H and O–H groups in total. The molecular weight excluding hydrogens is 254 g/mol. The van der Waals surface area contributed by atoms with Crippen LogP contribution in [0, 0.1) is 6.92 Å². The van der Waals surface area contributed by atoms with Crippen LogP contribution in [0.1, 0.15) is 11.5 Å². The highest BCUT2D eigenvalue weighted by Crippen LogP contribution is 2.06. The standard InChI is InChI=1S/C11H13N3O3S/c1-9-7-10(17-14-9)4-6-13-18(15,16)11-3-2-5-12-8-11/h2-3,5,7-8,13H,4,6H2,1H3. The van der Waals surface area contributed by atoms with E-state index in [2.05, 4.69) is 14.9 Å². The maximum atomic E-state index is 11.8. The third kappa shape index (κ3) is 3.14. The van der Waals surface area contributed by atoms with Gasteiger partial charge < -0.3 is 4.52 Å². The Morgan fingerprint density at radius 1 is 1.44 bits per heavy atom. The number of rotatable bonds is 5. The number of sulfonamides is 1. The highest BCUT2D eigenvalue weighted by Gasteiger charge is 2.13. The summed E-state index contributed by atoms with van der Waals surface area (Å²) >= 11 is 0. The summed E-state index contributed by atoms with van der Waals surface area (Å²) in [7, 11) is -3.50. The molecule has 0 unspecified atom stereocenters. The van der Waals surface area contributed by atoms with Crippen molar-refractivity contribution < 1.29 is 12.9 Å². The molecule has 0 spiro atoms. The molecule has 0 aliphatic heterocycles. The zero-order valence-electron chi connectivity index (χ0n) is 9.83. The summed E-state index contributed by atoms with van der Waals surface area (Å²) in [6.07, 6.45) is 3.29. The third-order valence-electron chi connectivity index (χ3n) is 2.28. The van der Waals surface area contributed by atoms with Gasteiger partial charge in [0, 0.05) is 31.4 Å². The fourth-order valence-corrected chi connectivity index (χ4v) is 2.43. The van der Waals surface area contributed by atoms with Crippen molar-refractivity contribution in [2.75, 3.05) is 6.54 Å². The zero-order chi connectivity index (χ0) is 13.0. The van der Waals surface area contributed by atoms with Gasteiger partial charge in [-0.05, 0) is 19.1 Å². The highest BCUT2D eigenvalue weighted by molar-refractivity contribution is 7.89. The van der Waals surface area contributed by atoms with Gasteiger partial charge in [0.05, 0.1) is 5.69 Å². The number of pyridine rings is 1. The molecule has 2 heterocycles. The van der Waals surface area contributed by atoms with Crippen LogP contribution in [0.4, 0.5) is 0 Å². The van der Waals surface area contributed by atoms with Crippen molar-refractivity contribution in [1.29, 1.82) is 0 Å². The first-order valence-corrected chi connectivity index (χ1v) is 6.88. The monoisotopic (exact) mass is 267 g/mol. The second-order valence-corrected chi connectivity index (χ2v) is 5.54. The maximum Gasteiger partial charge on any atom is 0.242 e. The van der Waals surface area contributed by atoms with Crippen molar-refractivity contribution >= 4 is 10.0 Å². The second kappa shape index (κ2) is 5.28. The molecule has 0 aliphatic rings. The Balaban J connectivity index is 1.94. The van der Waals surface area contributed by atoms with Gasteiger partial charge in [-0.15, -0.1) is 0 Å². The molecule has 0 aromatic carbocycles.